The Labute approximate surface area is 142 Å². The average Bonchev–Trinajstić information content (AvgIpc) is 2.55. The van der Waals surface area contributed by atoms with Gasteiger partial charge in [0.2, 0.25) is 5.91 Å². The molecule has 0 aliphatic heterocycles. The second-order valence-electron chi connectivity index (χ2n) is 6.31. The van der Waals surface area contributed by atoms with Crippen molar-refractivity contribution in [2.45, 2.75) is 32.6 Å². The van der Waals surface area contributed by atoms with Crippen LogP contribution in [0.3, 0.4) is 0 Å². The zero-order valence-corrected chi connectivity index (χ0v) is 14.2. The molecule has 0 heterocycles. The lowest BCUT2D eigenvalue weighted by atomic mass is 9.87. The summed E-state index contributed by atoms with van der Waals surface area (Å²) in [6, 6.07) is 16.7. The van der Waals surface area contributed by atoms with E-state index in [0.29, 0.717) is 11.3 Å². The zero-order chi connectivity index (χ0) is 17.7. The van der Waals surface area contributed by atoms with Gasteiger partial charge in [-0.15, -0.1) is 0 Å². The van der Waals surface area contributed by atoms with Gasteiger partial charge in [-0.25, -0.2) is 0 Å². The summed E-state index contributed by atoms with van der Waals surface area (Å²) in [5.41, 5.74) is 2.26. The molecule has 0 aliphatic rings. The lowest BCUT2D eigenvalue weighted by Gasteiger charge is -2.21. The molecule has 2 unspecified atom stereocenters. The predicted molar refractivity (Wildman–Crippen MR) is 95.1 cm³/mol. The lowest BCUT2D eigenvalue weighted by Crippen LogP contribution is -2.25. The van der Waals surface area contributed by atoms with Crippen LogP contribution in [-0.4, -0.2) is 17.0 Å². The second-order valence-corrected chi connectivity index (χ2v) is 6.31. The number of carbonyl (C=O) groups excluding carboxylic acids is 1. The molecule has 4 heteroatoms. The molecule has 0 aliphatic carbocycles. The molecule has 0 saturated carbocycles. The molecule has 0 saturated heterocycles. The standard InChI is InChI=1S/C20H23NO3/c1-13(2)18(15-8-5-4-6-9-15)19(22)21-17-11-7-10-16(12-17)14(3)20(23)24/h4-14,18H,1-3H3,(H,21,22)(H,23,24). The fourth-order valence-corrected chi connectivity index (χ4v) is 2.75. The van der Waals surface area contributed by atoms with Crippen LogP contribution in [0.4, 0.5) is 5.69 Å². The van der Waals surface area contributed by atoms with Crippen LogP contribution in [0.5, 0.6) is 0 Å². The first-order valence-corrected chi connectivity index (χ1v) is 8.08. The Kier molecular flexibility index (Phi) is 5.74. The van der Waals surface area contributed by atoms with Gasteiger partial charge >= 0.3 is 5.97 Å². The van der Waals surface area contributed by atoms with Gasteiger partial charge in [0.25, 0.3) is 0 Å². The molecule has 2 rings (SSSR count). The Morgan fingerprint density at radius 1 is 0.917 bits per heavy atom. The van der Waals surface area contributed by atoms with E-state index in [1.807, 2.05) is 44.2 Å². The van der Waals surface area contributed by atoms with Crippen LogP contribution >= 0.6 is 0 Å². The third kappa shape index (κ3) is 4.22. The quantitative estimate of drug-likeness (QED) is 0.834. The molecular formula is C20H23NO3. The highest BCUT2D eigenvalue weighted by Gasteiger charge is 2.24. The van der Waals surface area contributed by atoms with E-state index in [2.05, 4.69) is 5.32 Å². The summed E-state index contributed by atoms with van der Waals surface area (Å²) in [5.74, 6) is -1.70. The van der Waals surface area contributed by atoms with E-state index in [-0.39, 0.29) is 17.7 Å². The van der Waals surface area contributed by atoms with E-state index < -0.39 is 11.9 Å². The van der Waals surface area contributed by atoms with Gasteiger partial charge in [0.1, 0.15) is 0 Å². The van der Waals surface area contributed by atoms with E-state index in [9.17, 15) is 9.59 Å². The molecule has 0 aromatic heterocycles. The van der Waals surface area contributed by atoms with Crippen LogP contribution in [0, 0.1) is 5.92 Å². The minimum atomic E-state index is -0.886. The van der Waals surface area contributed by atoms with Gasteiger partial charge in [0.05, 0.1) is 11.8 Å². The van der Waals surface area contributed by atoms with Crippen LogP contribution in [-0.2, 0) is 9.59 Å². The molecule has 0 spiro atoms. The number of rotatable bonds is 6. The minimum Gasteiger partial charge on any atom is -0.481 e. The normalized spacial score (nSPS) is 13.3. The summed E-state index contributed by atoms with van der Waals surface area (Å²) in [6.07, 6.45) is 0. The van der Waals surface area contributed by atoms with Gasteiger partial charge in [-0.2, -0.15) is 0 Å². The van der Waals surface area contributed by atoms with E-state index in [1.165, 1.54) is 0 Å². The van der Waals surface area contributed by atoms with Crippen molar-refractivity contribution in [1.82, 2.24) is 0 Å². The van der Waals surface area contributed by atoms with Crippen LogP contribution in [0.25, 0.3) is 0 Å². The first-order valence-electron chi connectivity index (χ1n) is 8.08. The van der Waals surface area contributed by atoms with Crippen molar-refractivity contribution in [1.29, 1.82) is 0 Å². The topological polar surface area (TPSA) is 66.4 Å². The van der Waals surface area contributed by atoms with Crippen molar-refractivity contribution in [2.75, 3.05) is 5.32 Å². The highest BCUT2D eigenvalue weighted by molar-refractivity contribution is 5.96. The molecule has 0 radical (unpaired) electrons. The summed E-state index contributed by atoms with van der Waals surface area (Å²) in [4.78, 5) is 23.9. The number of nitrogens with one attached hydrogen (secondary N) is 1. The predicted octanol–water partition coefficient (Wildman–Crippen LogP) is 4.25. The number of aliphatic carboxylic acids is 1. The molecule has 2 N–H and O–H groups in total. The van der Waals surface area contributed by atoms with Gasteiger partial charge in [0.15, 0.2) is 0 Å². The largest absolute Gasteiger partial charge is 0.481 e. The first kappa shape index (κ1) is 17.7. The van der Waals surface area contributed by atoms with Crippen LogP contribution in [0.2, 0.25) is 0 Å². The number of amides is 1. The van der Waals surface area contributed by atoms with E-state index >= 15 is 0 Å². The van der Waals surface area contributed by atoms with Crippen LogP contribution < -0.4 is 5.32 Å². The number of carbonyl (C=O) groups is 2. The Balaban J connectivity index is 2.21. The zero-order valence-electron chi connectivity index (χ0n) is 14.2. The summed E-state index contributed by atoms with van der Waals surface area (Å²) >= 11 is 0. The summed E-state index contributed by atoms with van der Waals surface area (Å²) < 4.78 is 0. The third-order valence-corrected chi connectivity index (χ3v) is 4.13. The van der Waals surface area contributed by atoms with Crippen LogP contribution in [0.1, 0.15) is 43.7 Å². The van der Waals surface area contributed by atoms with Gasteiger partial charge in [-0.3, -0.25) is 9.59 Å². The number of hydrogen-bond acceptors (Lipinski definition) is 2. The molecule has 1 amide bonds. The van der Waals surface area contributed by atoms with Gasteiger partial charge in [-0.1, -0.05) is 56.3 Å². The highest BCUT2D eigenvalue weighted by atomic mass is 16.4. The monoisotopic (exact) mass is 325 g/mol. The van der Waals surface area contributed by atoms with Gasteiger partial charge in [0, 0.05) is 5.69 Å². The number of carboxylic acids is 1. The summed E-state index contributed by atoms with van der Waals surface area (Å²) in [5, 5.41) is 12.1. The molecule has 2 aromatic carbocycles. The van der Waals surface area contributed by atoms with Crippen molar-refractivity contribution in [3.63, 3.8) is 0 Å². The second kappa shape index (κ2) is 7.77. The fourth-order valence-electron chi connectivity index (χ4n) is 2.75. The number of anilines is 1. The van der Waals surface area contributed by atoms with Crippen molar-refractivity contribution in [3.8, 4) is 0 Å². The number of carboxylic acid groups (broad SMARTS) is 1. The summed E-state index contributed by atoms with van der Waals surface area (Å²) in [7, 11) is 0. The van der Waals surface area contributed by atoms with Crippen molar-refractivity contribution in [2.24, 2.45) is 5.92 Å². The van der Waals surface area contributed by atoms with E-state index in [0.717, 1.165) is 5.56 Å². The lowest BCUT2D eigenvalue weighted by molar-refractivity contribution is -0.138. The SMILES string of the molecule is CC(C(=O)O)c1cccc(NC(=O)C(c2ccccc2)C(C)C)c1. The molecule has 126 valence electrons. The van der Waals surface area contributed by atoms with E-state index in [4.69, 9.17) is 5.11 Å². The minimum absolute atomic E-state index is 0.0867. The smallest absolute Gasteiger partial charge is 0.310 e. The van der Waals surface area contributed by atoms with Gasteiger partial charge in [-0.05, 0) is 36.1 Å². The number of hydrogen-bond donors (Lipinski definition) is 2. The average molecular weight is 325 g/mol. The molecule has 0 bridgehead atoms. The Morgan fingerprint density at radius 2 is 1.54 bits per heavy atom. The maximum Gasteiger partial charge on any atom is 0.310 e. The van der Waals surface area contributed by atoms with Gasteiger partial charge < -0.3 is 10.4 Å². The van der Waals surface area contributed by atoms with Crippen LogP contribution in [0.15, 0.2) is 54.6 Å². The Hall–Kier alpha value is -2.62. The molecular weight excluding hydrogens is 302 g/mol. The maximum absolute atomic E-state index is 12.7. The molecule has 2 aromatic rings. The van der Waals surface area contributed by atoms with Crippen molar-refractivity contribution >= 4 is 17.6 Å². The first-order chi connectivity index (χ1) is 11.4. The summed E-state index contributed by atoms with van der Waals surface area (Å²) in [6.45, 7) is 5.66. The molecule has 4 nitrogen and oxygen atoms in total. The Morgan fingerprint density at radius 3 is 2.12 bits per heavy atom. The Bertz CT molecular complexity index is 710. The molecule has 0 fully saturated rings. The fraction of sp³-hybridized carbons (Fsp3) is 0.300. The van der Waals surface area contributed by atoms with E-state index in [1.54, 1.807) is 31.2 Å². The third-order valence-electron chi connectivity index (χ3n) is 4.13. The van der Waals surface area contributed by atoms with Crippen molar-refractivity contribution in [3.05, 3.63) is 65.7 Å². The molecule has 2 atom stereocenters. The highest BCUT2D eigenvalue weighted by Crippen LogP contribution is 2.27. The molecule has 24 heavy (non-hydrogen) atoms. The van der Waals surface area contributed by atoms with Crippen molar-refractivity contribution < 1.29 is 14.7 Å². The maximum atomic E-state index is 12.7. The number of benzene rings is 2.